The third kappa shape index (κ3) is 1.77. The Morgan fingerprint density at radius 3 is 2.70 bits per heavy atom. The van der Waals surface area contributed by atoms with Crippen molar-refractivity contribution in [3.8, 4) is 0 Å². The molecule has 1 saturated heterocycles. The smallest absolute Gasteiger partial charge is 0.808 e. The summed E-state index contributed by atoms with van der Waals surface area (Å²) < 4.78 is 0. The van der Waals surface area contributed by atoms with Crippen LogP contribution in [0.25, 0.3) is 11.5 Å². The molecule has 3 nitrogen and oxygen atoms in total. The Morgan fingerprint density at radius 2 is 2.05 bits per heavy atom. The number of carbonyl (C=O) groups is 1. The summed E-state index contributed by atoms with van der Waals surface area (Å²) in [5, 5.41) is 10.6. The fourth-order valence-electron chi connectivity index (χ4n) is 3.06. The van der Waals surface area contributed by atoms with Crippen LogP contribution in [0.2, 0.25) is 0 Å². The summed E-state index contributed by atoms with van der Waals surface area (Å²) in [5.41, 5.74) is 2.03. The van der Waals surface area contributed by atoms with Gasteiger partial charge in [0.2, 0.25) is 5.91 Å². The first kappa shape index (κ1) is 15.2. The van der Waals surface area contributed by atoms with Gasteiger partial charge in [0.25, 0.3) is 0 Å². The molecule has 1 fully saturated rings. The van der Waals surface area contributed by atoms with Crippen molar-refractivity contribution in [1.29, 1.82) is 0 Å². The normalized spacial score (nSPS) is 26.9. The van der Waals surface area contributed by atoms with E-state index in [2.05, 4.69) is 6.58 Å². The van der Waals surface area contributed by atoms with Crippen LogP contribution in [0.1, 0.15) is 25.0 Å². The van der Waals surface area contributed by atoms with Crippen LogP contribution in [0.5, 0.6) is 0 Å². The van der Waals surface area contributed by atoms with E-state index in [-0.39, 0.29) is 41.2 Å². The van der Waals surface area contributed by atoms with Crippen molar-refractivity contribution in [3.63, 3.8) is 0 Å². The van der Waals surface area contributed by atoms with E-state index in [4.69, 9.17) is 0 Å². The maximum absolute atomic E-state index is 12.4. The Morgan fingerprint density at radius 1 is 1.40 bits per heavy atom. The van der Waals surface area contributed by atoms with Gasteiger partial charge < -0.3 is 10.3 Å². The third-order valence-corrected chi connectivity index (χ3v) is 4.12. The van der Waals surface area contributed by atoms with Crippen LogP contribution in [0.3, 0.4) is 0 Å². The second kappa shape index (κ2) is 4.99. The molecule has 4 heteroatoms. The molecule has 2 aliphatic rings. The number of rotatable bonds is 1. The summed E-state index contributed by atoms with van der Waals surface area (Å²) in [6.07, 6.45) is 3.66. The van der Waals surface area contributed by atoms with Crippen LogP contribution in [0.4, 0.5) is 0 Å². The van der Waals surface area contributed by atoms with Gasteiger partial charge in [-0.1, -0.05) is 36.4 Å². The molecule has 2 unspecified atom stereocenters. The predicted octanol–water partition coefficient (Wildman–Crippen LogP) is -0.0650. The topological polar surface area (TPSA) is 42.6 Å². The quantitative estimate of drug-likeness (QED) is 0.522. The van der Waals surface area contributed by atoms with Gasteiger partial charge in [0, 0.05) is 6.20 Å². The fourth-order valence-corrected chi connectivity index (χ4v) is 3.06. The Labute approximate surface area is 141 Å². The van der Waals surface area contributed by atoms with Gasteiger partial charge in [0.1, 0.15) is 0 Å². The minimum absolute atomic E-state index is 0. The summed E-state index contributed by atoms with van der Waals surface area (Å²) in [4.78, 5) is 14.1. The SMILES string of the molecule is C=C(C)C1C(=[N-])C2(C)c3ccccc3C=CN2C1=O.[Na+]. The first-order valence-corrected chi connectivity index (χ1v) is 6.30. The van der Waals surface area contributed by atoms with Gasteiger partial charge in [-0.2, -0.15) is 5.71 Å². The van der Waals surface area contributed by atoms with Crippen molar-refractivity contribution in [3.05, 3.63) is 59.2 Å². The average molecular weight is 274 g/mol. The van der Waals surface area contributed by atoms with Crippen molar-refractivity contribution in [2.24, 2.45) is 5.92 Å². The van der Waals surface area contributed by atoms with Crippen LogP contribution in [-0.2, 0) is 10.3 Å². The summed E-state index contributed by atoms with van der Waals surface area (Å²) in [6.45, 7) is 7.48. The maximum Gasteiger partial charge on any atom is 1.00 e. The summed E-state index contributed by atoms with van der Waals surface area (Å²) >= 11 is 0. The van der Waals surface area contributed by atoms with Crippen molar-refractivity contribution in [2.75, 3.05) is 0 Å². The van der Waals surface area contributed by atoms with E-state index in [0.717, 1.165) is 11.1 Å². The van der Waals surface area contributed by atoms with Gasteiger partial charge in [-0.3, -0.25) is 4.79 Å². The van der Waals surface area contributed by atoms with Crippen molar-refractivity contribution in [1.82, 2.24) is 4.90 Å². The Bertz CT molecular complexity index is 650. The average Bonchev–Trinajstić information content (AvgIpc) is 2.58. The number of carbonyl (C=O) groups excluding carboxylic acids is 1. The van der Waals surface area contributed by atoms with Crippen LogP contribution in [-0.4, -0.2) is 16.5 Å². The van der Waals surface area contributed by atoms with E-state index in [1.807, 2.05) is 37.3 Å². The summed E-state index contributed by atoms with van der Waals surface area (Å²) in [5.74, 6) is -0.723. The van der Waals surface area contributed by atoms with Gasteiger partial charge in [0.15, 0.2) is 0 Å². The van der Waals surface area contributed by atoms with Gasteiger partial charge in [0.05, 0.1) is 11.5 Å². The number of fused-ring (bicyclic) bond motifs is 3. The van der Waals surface area contributed by atoms with E-state index >= 15 is 0 Å². The zero-order valence-corrected chi connectivity index (χ0v) is 14.1. The van der Waals surface area contributed by atoms with E-state index < -0.39 is 11.5 Å². The second-order valence-corrected chi connectivity index (χ2v) is 5.35. The number of nitrogens with zero attached hydrogens (tertiary/aromatic N) is 2. The Hall–Kier alpha value is -1.16. The molecule has 1 aromatic carbocycles. The molecule has 0 aromatic heterocycles. The molecule has 96 valence electrons. The van der Waals surface area contributed by atoms with Crippen LogP contribution in [0, 0.1) is 5.92 Å². The zero-order chi connectivity index (χ0) is 13.8. The standard InChI is InChI=1S/C16H15N2O.Na/c1-10(2)13-14(17)16(3)12-7-5-4-6-11(12)8-9-18(16)15(13)19;/h4-9,13H,1H2,2-3H3;/q-1;+1. The predicted molar refractivity (Wildman–Crippen MR) is 76.3 cm³/mol. The van der Waals surface area contributed by atoms with Crippen molar-refractivity contribution >= 4 is 17.7 Å². The van der Waals surface area contributed by atoms with E-state index in [0.29, 0.717) is 5.57 Å². The van der Waals surface area contributed by atoms with Crippen molar-refractivity contribution in [2.45, 2.75) is 19.4 Å². The first-order valence-electron chi connectivity index (χ1n) is 6.30. The Balaban J connectivity index is 0.00000147. The molecule has 0 radical (unpaired) electrons. The fraction of sp³-hybridized carbons (Fsp3) is 0.250. The molecule has 3 rings (SSSR count). The minimum Gasteiger partial charge on any atom is -0.808 e. The van der Waals surface area contributed by atoms with Gasteiger partial charge in [-0.15, -0.1) is 0 Å². The number of hydrogen-bond acceptors (Lipinski definition) is 1. The van der Waals surface area contributed by atoms with Gasteiger partial charge in [-0.05, 0) is 31.1 Å². The number of benzene rings is 1. The summed E-state index contributed by atoms with van der Waals surface area (Å²) in [6, 6.07) is 7.82. The Kier molecular flexibility index (Phi) is 3.80. The maximum atomic E-state index is 12.4. The van der Waals surface area contributed by atoms with Crippen LogP contribution >= 0.6 is 0 Å². The van der Waals surface area contributed by atoms with E-state index in [1.165, 1.54) is 0 Å². The largest absolute Gasteiger partial charge is 1.00 e. The molecule has 0 bridgehead atoms. The van der Waals surface area contributed by atoms with Crippen molar-refractivity contribution < 1.29 is 34.4 Å². The second-order valence-electron chi connectivity index (χ2n) is 5.35. The van der Waals surface area contributed by atoms with Crippen LogP contribution < -0.4 is 29.6 Å². The van der Waals surface area contributed by atoms with E-state index in [1.54, 1.807) is 18.0 Å². The van der Waals surface area contributed by atoms with Gasteiger partial charge in [-0.25, -0.2) is 0 Å². The number of hydrogen-bond donors (Lipinski definition) is 0. The summed E-state index contributed by atoms with van der Waals surface area (Å²) in [7, 11) is 0. The molecule has 20 heavy (non-hydrogen) atoms. The monoisotopic (exact) mass is 274 g/mol. The molecular formula is C16H15N2NaO. The molecule has 0 saturated carbocycles. The number of amides is 1. The molecule has 1 aromatic rings. The van der Waals surface area contributed by atoms with Gasteiger partial charge >= 0.3 is 29.6 Å². The molecular weight excluding hydrogens is 259 g/mol. The molecule has 0 N–H and O–H groups in total. The van der Waals surface area contributed by atoms with Crippen LogP contribution in [0.15, 0.2) is 42.6 Å². The molecule has 2 atom stereocenters. The molecule has 0 aliphatic carbocycles. The molecule has 2 aliphatic heterocycles. The van der Waals surface area contributed by atoms with E-state index in [9.17, 15) is 10.2 Å². The third-order valence-electron chi connectivity index (χ3n) is 4.12. The first-order chi connectivity index (χ1) is 8.98. The molecule has 0 spiro atoms. The molecule has 1 amide bonds. The zero-order valence-electron chi connectivity index (χ0n) is 12.1. The molecule has 2 heterocycles. The minimum atomic E-state index is -0.786.